The topological polar surface area (TPSA) is 90.3 Å². The van der Waals surface area contributed by atoms with Crippen LogP contribution in [0.5, 0.6) is 0 Å². The van der Waals surface area contributed by atoms with E-state index in [-0.39, 0.29) is 18.1 Å². The first-order chi connectivity index (χ1) is 14.3. The van der Waals surface area contributed by atoms with Crippen LogP contribution in [-0.2, 0) is 9.53 Å². The molecule has 1 unspecified atom stereocenters. The predicted molar refractivity (Wildman–Crippen MR) is 118 cm³/mol. The van der Waals surface area contributed by atoms with E-state index in [0.717, 1.165) is 33.4 Å². The van der Waals surface area contributed by atoms with Gasteiger partial charge in [-0.2, -0.15) is 0 Å². The van der Waals surface area contributed by atoms with Crippen molar-refractivity contribution in [2.45, 2.75) is 47.1 Å². The van der Waals surface area contributed by atoms with Crippen molar-refractivity contribution < 1.29 is 14.3 Å². The Labute approximate surface area is 178 Å². The summed E-state index contributed by atoms with van der Waals surface area (Å²) < 4.78 is 6.58. The minimum absolute atomic E-state index is 0.223. The lowest BCUT2D eigenvalue weighted by Crippen LogP contribution is -2.33. The van der Waals surface area contributed by atoms with E-state index in [1.54, 1.807) is 24.5 Å². The van der Waals surface area contributed by atoms with E-state index in [1.165, 1.54) is 0 Å². The van der Waals surface area contributed by atoms with E-state index in [4.69, 9.17) is 4.74 Å². The van der Waals surface area contributed by atoms with Crippen molar-refractivity contribution in [1.29, 1.82) is 0 Å². The molecular formula is C22H25N3O4S. The third-order valence-electron chi connectivity index (χ3n) is 4.97. The quantitative estimate of drug-likeness (QED) is 0.597. The van der Waals surface area contributed by atoms with Crippen LogP contribution in [0.15, 0.2) is 29.1 Å². The number of aryl methyl sites for hydroxylation is 3. The Morgan fingerprint density at radius 2 is 1.93 bits per heavy atom. The van der Waals surface area contributed by atoms with Gasteiger partial charge in [0.15, 0.2) is 5.13 Å². The lowest BCUT2D eigenvalue weighted by molar-refractivity contribution is -0.119. The van der Waals surface area contributed by atoms with E-state index in [1.807, 2.05) is 39.0 Å². The maximum absolute atomic E-state index is 13.1. The van der Waals surface area contributed by atoms with E-state index in [2.05, 4.69) is 10.3 Å². The summed E-state index contributed by atoms with van der Waals surface area (Å²) in [5, 5.41) is 4.02. The van der Waals surface area contributed by atoms with E-state index < -0.39 is 12.0 Å². The fourth-order valence-electron chi connectivity index (χ4n) is 3.56. The van der Waals surface area contributed by atoms with E-state index in [0.29, 0.717) is 22.1 Å². The fourth-order valence-corrected chi connectivity index (χ4v) is 4.42. The molecule has 158 valence electrons. The number of hydrogen-bond donors (Lipinski definition) is 1. The summed E-state index contributed by atoms with van der Waals surface area (Å²) in [5.41, 5.74) is 2.83. The molecule has 3 rings (SSSR count). The minimum Gasteiger partial charge on any atom is -0.462 e. The Morgan fingerprint density at radius 3 is 2.60 bits per heavy atom. The monoisotopic (exact) mass is 427 g/mol. The number of amides is 1. The van der Waals surface area contributed by atoms with Crippen molar-refractivity contribution in [3.63, 3.8) is 0 Å². The number of ether oxygens (including phenoxy) is 1. The van der Waals surface area contributed by atoms with Gasteiger partial charge in [-0.15, -0.1) is 0 Å². The first-order valence-corrected chi connectivity index (χ1v) is 10.7. The van der Waals surface area contributed by atoms with Crippen LogP contribution < -0.4 is 10.9 Å². The average Bonchev–Trinajstić information content (AvgIpc) is 3.05. The van der Waals surface area contributed by atoms with Gasteiger partial charge in [0.1, 0.15) is 10.9 Å². The van der Waals surface area contributed by atoms with Crippen LogP contribution in [0, 0.1) is 20.8 Å². The highest BCUT2D eigenvalue weighted by Gasteiger charge is 2.25. The maximum Gasteiger partial charge on any atom is 0.350 e. The van der Waals surface area contributed by atoms with Crippen LogP contribution in [0.2, 0.25) is 0 Å². The van der Waals surface area contributed by atoms with E-state index in [9.17, 15) is 14.4 Å². The molecule has 1 atom stereocenters. The van der Waals surface area contributed by atoms with Crippen molar-refractivity contribution in [3.05, 3.63) is 56.3 Å². The highest BCUT2D eigenvalue weighted by Crippen LogP contribution is 2.27. The molecule has 1 amide bonds. The first-order valence-electron chi connectivity index (χ1n) is 9.85. The number of fused-ring (bicyclic) bond motifs is 1. The van der Waals surface area contributed by atoms with Crippen LogP contribution in [0.25, 0.3) is 10.9 Å². The molecule has 1 aromatic carbocycles. The van der Waals surface area contributed by atoms with Crippen molar-refractivity contribution in [2.24, 2.45) is 0 Å². The normalized spacial score (nSPS) is 12.0. The van der Waals surface area contributed by atoms with Crippen LogP contribution in [0.1, 0.15) is 52.8 Å². The summed E-state index contributed by atoms with van der Waals surface area (Å²) >= 11 is 1.07. The van der Waals surface area contributed by atoms with Crippen molar-refractivity contribution in [1.82, 2.24) is 9.55 Å². The molecule has 0 saturated heterocycles. The molecule has 0 aliphatic carbocycles. The van der Waals surface area contributed by atoms with E-state index >= 15 is 0 Å². The second kappa shape index (κ2) is 8.79. The number of para-hydroxylation sites is 1. The van der Waals surface area contributed by atoms with Gasteiger partial charge in [0, 0.05) is 11.5 Å². The van der Waals surface area contributed by atoms with Crippen LogP contribution in [0.3, 0.4) is 0 Å². The predicted octanol–water partition coefficient (Wildman–Crippen LogP) is 4.15. The summed E-state index contributed by atoms with van der Waals surface area (Å²) in [6.07, 6.45) is 0.424. The van der Waals surface area contributed by atoms with Gasteiger partial charge in [-0.25, -0.2) is 9.78 Å². The van der Waals surface area contributed by atoms with Crippen LogP contribution in [-0.4, -0.2) is 28.0 Å². The Hall–Kier alpha value is -3.00. The molecule has 30 heavy (non-hydrogen) atoms. The zero-order valence-corrected chi connectivity index (χ0v) is 18.6. The number of pyridine rings is 1. The Balaban J connectivity index is 2.00. The molecule has 1 N–H and O–H groups in total. The second-order valence-electron chi connectivity index (χ2n) is 7.07. The number of carbonyl (C=O) groups excluding carboxylic acids is 2. The number of aromatic nitrogens is 2. The summed E-state index contributed by atoms with van der Waals surface area (Å²) in [5.74, 6) is -0.812. The number of nitrogens with one attached hydrogen (secondary N) is 1. The zero-order chi connectivity index (χ0) is 22.0. The van der Waals surface area contributed by atoms with Crippen molar-refractivity contribution >= 4 is 39.2 Å². The van der Waals surface area contributed by atoms with Crippen LogP contribution in [0.4, 0.5) is 5.13 Å². The number of thiazole rings is 1. The molecule has 0 aliphatic rings. The Bertz CT molecular complexity index is 1180. The maximum atomic E-state index is 13.1. The van der Waals surface area contributed by atoms with Crippen molar-refractivity contribution in [3.8, 4) is 0 Å². The largest absolute Gasteiger partial charge is 0.462 e. The molecule has 0 spiro atoms. The molecule has 0 radical (unpaired) electrons. The van der Waals surface area contributed by atoms with Crippen molar-refractivity contribution in [2.75, 3.05) is 11.9 Å². The van der Waals surface area contributed by atoms with Gasteiger partial charge >= 0.3 is 5.97 Å². The van der Waals surface area contributed by atoms with Gasteiger partial charge in [-0.05, 0) is 45.2 Å². The third-order valence-corrected chi connectivity index (χ3v) is 6.02. The molecule has 2 heterocycles. The Morgan fingerprint density at radius 1 is 1.20 bits per heavy atom. The summed E-state index contributed by atoms with van der Waals surface area (Å²) in [7, 11) is 0. The molecule has 2 aromatic heterocycles. The van der Waals surface area contributed by atoms with Gasteiger partial charge in [0.2, 0.25) is 5.91 Å². The number of carbonyl (C=O) groups is 2. The molecule has 0 aliphatic heterocycles. The van der Waals surface area contributed by atoms with Gasteiger partial charge in [0.05, 0.1) is 17.8 Å². The zero-order valence-electron chi connectivity index (χ0n) is 17.7. The minimum atomic E-state index is -0.711. The number of nitrogens with zero attached hydrogens (tertiary/aromatic N) is 2. The number of anilines is 1. The summed E-state index contributed by atoms with van der Waals surface area (Å²) in [6, 6.07) is 6.67. The molecule has 7 nitrogen and oxygen atoms in total. The average molecular weight is 428 g/mol. The van der Waals surface area contributed by atoms with Gasteiger partial charge in [-0.3, -0.25) is 14.2 Å². The lowest BCUT2D eigenvalue weighted by Gasteiger charge is -2.21. The highest BCUT2D eigenvalue weighted by atomic mass is 32.1. The molecule has 0 fully saturated rings. The highest BCUT2D eigenvalue weighted by molar-refractivity contribution is 7.17. The summed E-state index contributed by atoms with van der Waals surface area (Å²) in [6.45, 7) is 9.36. The number of esters is 1. The lowest BCUT2D eigenvalue weighted by atomic mass is 10.0. The Kier molecular flexibility index (Phi) is 6.36. The molecule has 3 aromatic rings. The third kappa shape index (κ3) is 4.00. The number of hydrogen-bond acceptors (Lipinski definition) is 6. The fraction of sp³-hybridized carbons (Fsp3) is 0.364. The van der Waals surface area contributed by atoms with Gasteiger partial charge in [0.25, 0.3) is 5.56 Å². The molecule has 0 saturated carbocycles. The first kappa shape index (κ1) is 21.7. The molecule has 0 bridgehead atoms. The van der Waals surface area contributed by atoms with Gasteiger partial charge < -0.3 is 10.1 Å². The molecule has 8 heteroatoms. The standard InChI is InChI=1S/C22H25N3O4S/c1-6-16(20(27)24-22-23-14(5)19(30-22)21(28)29-7-2)25-17(26)11-13(4)15-10-8-9-12(3)18(15)25/h8-11,16H,6-7H2,1-5H3,(H,23,24,27). The molecular weight excluding hydrogens is 402 g/mol. The smallest absolute Gasteiger partial charge is 0.350 e. The second-order valence-corrected chi connectivity index (χ2v) is 8.07. The summed E-state index contributed by atoms with van der Waals surface area (Å²) in [4.78, 5) is 42.7. The number of rotatable bonds is 6. The van der Waals surface area contributed by atoms with Crippen LogP contribution >= 0.6 is 11.3 Å². The SMILES string of the molecule is CCOC(=O)c1sc(NC(=O)C(CC)n2c(=O)cc(C)c3cccc(C)c32)nc1C. The van der Waals surface area contributed by atoms with Gasteiger partial charge in [-0.1, -0.05) is 36.5 Å². The number of benzene rings is 1.